The number of aliphatic hydroxyl groups is 1. The molecule has 2 fully saturated rings. The molecule has 4 N–H and O–H groups in total. The first-order chi connectivity index (χ1) is 16.3. The zero-order valence-electron chi connectivity index (χ0n) is 19.4. The number of nitrogens with two attached hydrogens (primary N) is 1. The van der Waals surface area contributed by atoms with Crippen molar-refractivity contribution < 1.29 is 19.8 Å². The number of carboxylic acid groups (broad SMARTS) is 1. The maximum absolute atomic E-state index is 12.5. The maximum Gasteiger partial charge on any atom is 0.353 e. The second-order valence-corrected chi connectivity index (χ2v) is 10.9. The van der Waals surface area contributed by atoms with Crippen LogP contribution in [0.4, 0.5) is 0 Å². The number of aliphatic hydroxyl groups excluding tert-OH is 1. The van der Waals surface area contributed by atoms with Crippen molar-refractivity contribution in [1.29, 1.82) is 0 Å². The van der Waals surface area contributed by atoms with Gasteiger partial charge in [-0.05, 0) is 18.1 Å². The lowest BCUT2D eigenvalue weighted by Gasteiger charge is -2.46. The minimum Gasteiger partial charge on any atom is -0.477 e. The Morgan fingerprint density at radius 3 is 2.56 bits per heavy atom. The zero-order valence-corrected chi connectivity index (χ0v) is 20.2. The molecule has 1 amide bonds. The molecule has 0 unspecified atom stereocenters. The summed E-state index contributed by atoms with van der Waals surface area (Å²) < 4.78 is 0. The molecule has 4 heterocycles. The third-order valence-corrected chi connectivity index (χ3v) is 8.72. The Bertz CT molecular complexity index is 1050. The number of rotatable bonds is 7. The van der Waals surface area contributed by atoms with Gasteiger partial charge in [-0.25, -0.2) is 4.79 Å². The summed E-state index contributed by atoms with van der Waals surface area (Å²) in [5, 5.41) is 20.1. The lowest BCUT2D eigenvalue weighted by Crippen LogP contribution is -2.63. The topological polar surface area (TPSA) is 123 Å². The van der Waals surface area contributed by atoms with Crippen LogP contribution in [-0.2, 0) is 22.7 Å². The molecule has 4 aliphatic heterocycles. The Labute approximate surface area is 203 Å². The van der Waals surface area contributed by atoms with Gasteiger partial charge in [-0.3, -0.25) is 9.79 Å². The van der Waals surface area contributed by atoms with Crippen molar-refractivity contribution in [2.75, 3.05) is 26.2 Å². The Hall–Kier alpha value is -2.56. The minimum atomic E-state index is -1.07. The molecule has 0 radical (unpaired) electrons. The smallest absolute Gasteiger partial charge is 0.353 e. The van der Waals surface area contributed by atoms with Gasteiger partial charge in [0.15, 0.2) is 5.96 Å². The molecule has 0 aliphatic carbocycles. The fraction of sp³-hybridized carbons (Fsp3) is 0.542. The second kappa shape index (κ2) is 8.90. The average molecular weight is 486 g/mol. The predicted octanol–water partition coefficient (Wildman–Crippen LogP) is 0.888. The highest BCUT2D eigenvalue weighted by Crippen LogP contribution is 2.52. The summed E-state index contributed by atoms with van der Waals surface area (Å²) in [6, 6.07) is 8.08. The SMILES string of the molecule is C[C@@H](O)[C@H]1C(=O)N2C(C(=O)O)=C(SC3CN(C4=NCCN4Cc4ccc(CN)cc4)C3)[C@H](C)[C@H]12. The molecule has 4 aliphatic rings. The van der Waals surface area contributed by atoms with Crippen LogP contribution in [0.5, 0.6) is 0 Å². The molecular weight excluding hydrogens is 454 g/mol. The quantitative estimate of drug-likeness (QED) is 0.487. The number of fused-ring (bicyclic) bond motifs is 1. The Morgan fingerprint density at radius 2 is 1.94 bits per heavy atom. The van der Waals surface area contributed by atoms with Crippen LogP contribution in [0.15, 0.2) is 39.9 Å². The standard InChI is InChI=1S/C24H31N5O4S/c1-13-19-18(14(2)30)22(31)29(19)20(23(32)33)21(13)34-17-11-28(12-17)24-26-7-8-27(24)10-16-5-3-15(9-25)4-6-16/h3-6,13-14,17-19,30H,7-12,25H2,1-2H3,(H,32,33)/t13-,14-,18-,19-/m1/s1. The lowest BCUT2D eigenvalue weighted by molar-refractivity contribution is -0.163. The van der Waals surface area contributed by atoms with E-state index in [0.717, 1.165) is 49.2 Å². The van der Waals surface area contributed by atoms with Crippen LogP contribution in [-0.4, -0.2) is 86.3 Å². The van der Waals surface area contributed by atoms with E-state index in [1.807, 2.05) is 6.92 Å². The van der Waals surface area contributed by atoms with Gasteiger partial charge in [-0.2, -0.15) is 0 Å². The number of hydrogen-bond acceptors (Lipinski definition) is 8. The number of aliphatic carboxylic acids is 1. The summed E-state index contributed by atoms with van der Waals surface area (Å²) >= 11 is 1.57. The minimum absolute atomic E-state index is 0.0979. The fourth-order valence-corrected chi connectivity index (χ4v) is 6.98. The largest absolute Gasteiger partial charge is 0.477 e. The molecule has 2 saturated heterocycles. The maximum atomic E-state index is 12.5. The highest BCUT2D eigenvalue weighted by molar-refractivity contribution is 8.03. The normalized spacial score (nSPS) is 27.5. The number of aliphatic imine (C=N–C) groups is 1. The van der Waals surface area contributed by atoms with Gasteiger partial charge in [0, 0.05) is 48.8 Å². The number of carbonyl (C=O) groups excluding carboxylic acids is 1. The van der Waals surface area contributed by atoms with Gasteiger partial charge >= 0.3 is 5.97 Å². The van der Waals surface area contributed by atoms with Crippen molar-refractivity contribution in [3.63, 3.8) is 0 Å². The number of β-lactam (4-membered cyclic amide) rings is 1. The number of carboxylic acids is 1. The van der Waals surface area contributed by atoms with E-state index < -0.39 is 18.0 Å². The number of benzene rings is 1. The van der Waals surface area contributed by atoms with E-state index in [1.165, 1.54) is 10.5 Å². The molecule has 0 saturated carbocycles. The molecule has 182 valence electrons. The summed E-state index contributed by atoms with van der Waals surface area (Å²) in [6.07, 6.45) is -0.785. The lowest BCUT2D eigenvalue weighted by atomic mass is 9.79. The summed E-state index contributed by atoms with van der Waals surface area (Å²) in [4.78, 5) is 35.9. The number of thioether (sulfide) groups is 1. The fourth-order valence-electron chi connectivity index (χ4n) is 5.46. The number of likely N-dealkylation sites (tertiary alicyclic amines) is 1. The molecule has 10 heteroatoms. The molecule has 0 aromatic heterocycles. The third-order valence-electron chi connectivity index (χ3n) is 7.27. The molecule has 1 aromatic rings. The Morgan fingerprint density at radius 1 is 1.26 bits per heavy atom. The third kappa shape index (κ3) is 3.77. The first kappa shape index (κ1) is 23.2. The van der Waals surface area contributed by atoms with Crippen LogP contribution in [0, 0.1) is 11.8 Å². The molecule has 5 rings (SSSR count). The van der Waals surface area contributed by atoms with Crippen LogP contribution in [0.1, 0.15) is 25.0 Å². The van der Waals surface area contributed by atoms with Gasteiger partial charge in [0.1, 0.15) is 5.70 Å². The van der Waals surface area contributed by atoms with E-state index in [2.05, 4.69) is 34.1 Å². The van der Waals surface area contributed by atoms with Crippen LogP contribution in [0.25, 0.3) is 0 Å². The highest BCUT2D eigenvalue weighted by atomic mass is 32.2. The van der Waals surface area contributed by atoms with E-state index >= 15 is 0 Å². The number of guanidine groups is 1. The molecular formula is C24H31N5O4S. The first-order valence-corrected chi connectivity index (χ1v) is 12.7. The second-order valence-electron chi connectivity index (χ2n) is 9.54. The van der Waals surface area contributed by atoms with Crippen LogP contribution >= 0.6 is 11.8 Å². The Kier molecular flexibility index (Phi) is 6.07. The Balaban J connectivity index is 1.22. The van der Waals surface area contributed by atoms with Gasteiger partial charge in [0.25, 0.3) is 0 Å². The van der Waals surface area contributed by atoms with Crippen molar-refractivity contribution in [2.45, 2.75) is 44.3 Å². The van der Waals surface area contributed by atoms with E-state index in [0.29, 0.717) is 6.54 Å². The van der Waals surface area contributed by atoms with Crippen LogP contribution < -0.4 is 5.73 Å². The average Bonchev–Trinajstić information content (AvgIpc) is 3.31. The van der Waals surface area contributed by atoms with Crippen molar-refractivity contribution in [2.24, 2.45) is 22.6 Å². The molecule has 1 aromatic carbocycles. The summed E-state index contributed by atoms with van der Waals surface area (Å²) in [7, 11) is 0. The summed E-state index contributed by atoms with van der Waals surface area (Å²) in [5.74, 6) is -0.984. The van der Waals surface area contributed by atoms with Gasteiger partial charge < -0.3 is 30.6 Å². The van der Waals surface area contributed by atoms with Crippen molar-refractivity contribution in [3.05, 3.63) is 46.0 Å². The highest BCUT2D eigenvalue weighted by Gasteiger charge is 2.60. The van der Waals surface area contributed by atoms with Gasteiger partial charge in [-0.15, -0.1) is 11.8 Å². The molecule has 4 atom stereocenters. The molecule has 0 spiro atoms. The van der Waals surface area contributed by atoms with Crippen molar-refractivity contribution in [1.82, 2.24) is 14.7 Å². The summed E-state index contributed by atoms with van der Waals surface area (Å²) in [5.41, 5.74) is 8.13. The number of amides is 1. The monoisotopic (exact) mass is 485 g/mol. The molecule has 34 heavy (non-hydrogen) atoms. The van der Waals surface area contributed by atoms with Crippen molar-refractivity contribution >= 4 is 29.6 Å². The molecule has 0 bridgehead atoms. The number of carbonyl (C=O) groups is 2. The number of nitrogens with zero attached hydrogens (tertiary/aromatic N) is 4. The van der Waals surface area contributed by atoms with Crippen LogP contribution in [0.3, 0.4) is 0 Å². The molecule has 9 nitrogen and oxygen atoms in total. The zero-order chi connectivity index (χ0) is 24.1. The predicted molar refractivity (Wildman–Crippen MR) is 130 cm³/mol. The van der Waals surface area contributed by atoms with Crippen molar-refractivity contribution in [3.8, 4) is 0 Å². The van der Waals surface area contributed by atoms with Crippen LogP contribution in [0.2, 0.25) is 0 Å². The van der Waals surface area contributed by atoms with E-state index in [4.69, 9.17) is 10.7 Å². The van der Waals surface area contributed by atoms with E-state index in [-0.39, 0.29) is 28.8 Å². The van der Waals surface area contributed by atoms with Gasteiger partial charge in [-0.1, -0.05) is 31.2 Å². The first-order valence-electron chi connectivity index (χ1n) is 11.8. The van der Waals surface area contributed by atoms with Gasteiger partial charge in [0.05, 0.1) is 24.6 Å². The van der Waals surface area contributed by atoms with E-state index in [1.54, 1.807) is 18.7 Å². The number of hydrogen-bond donors (Lipinski definition) is 3. The van der Waals surface area contributed by atoms with Gasteiger partial charge in [0.2, 0.25) is 5.91 Å². The van der Waals surface area contributed by atoms with E-state index in [9.17, 15) is 19.8 Å². The summed E-state index contributed by atoms with van der Waals surface area (Å²) in [6.45, 7) is 8.12.